The van der Waals surface area contributed by atoms with E-state index in [1.165, 1.54) is 5.56 Å². The smallest absolute Gasteiger partial charge is 0.0969 e. The lowest BCUT2D eigenvalue weighted by molar-refractivity contribution is -0.0674. The van der Waals surface area contributed by atoms with E-state index in [0.717, 1.165) is 44.0 Å². The molecule has 2 aromatic rings. The van der Waals surface area contributed by atoms with Gasteiger partial charge >= 0.3 is 0 Å². The van der Waals surface area contributed by atoms with Crippen LogP contribution in [0.15, 0.2) is 30.7 Å². The third-order valence-electron chi connectivity index (χ3n) is 4.27. The zero-order chi connectivity index (χ0) is 16.9. The van der Waals surface area contributed by atoms with Crippen LogP contribution in [0.25, 0.3) is 11.3 Å². The average molecular weight is 329 g/mol. The van der Waals surface area contributed by atoms with E-state index in [9.17, 15) is 0 Å². The number of nitrogens with zero attached hydrogens (tertiary/aromatic N) is 4. The first-order valence-electron chi connectivity index (χ1n) is 8.63. The Balaban J connectivity index is 1.52. The molecule has 1 fully saturated rings. The van der Waals surface area contributed by atoms with Crippen LogP contribution in [0.5, 0.6) is 0 Å². The van der Waals surface area contributed by atoms with E-state index in [1.54, 1.807) is 0 Å². The van der Waals surface area contributed by atoms with Gasteiger partial charge in [-0.1, -0.05) is 0 Å². The zero-order valence-corrected chi connectivity index (χ0v) is 14.8. The van der Waals surface area contributed by atoms with Crippen molar-refractivity contribution in [2.75, 3.05) is 26.2 Å². The molecule has 1 N–H and O–H groups in total. The average Bonchev–Trinajstić information content (AvgIpc) is 2.92. The van der Waals surface area contributed by atoms with Crippen LogP contribution in [0.3, 0.4) is 0 Å². The van der Waals surface area contributed by atoms with Crippen LogP contribution in [0, 0.1) is 0 Å². The molecule has 6 nitrogen and oxygen atoms in total. The molecule has 0 aliphatic carbocycles. The summed E-state index contributed by atoms with van der Waals surface area (Å²) in [5.74, 6) is 0. The lowest BCUT2D eigenvalue weighted by Crippen LogP contribution is -2.47. The number of morpholine rings is 1. The maximum atomic E-state index is 5.78. The number of hydrogen-bond acceptors (Lipinski definition) is 5. The van der Waals surface area contributed by atoms with Crippen molar-refractivity contribution in [1.29, 1.82) is 0 Å². The summed E-state index contributed by atoms with van der Waals surface area (Å²) in [6.45, 7) is 9.15. The maximum absolute atomic E-state index is 5.78. The number of nitrogens with one attached hydrogen (secondary N) is 1. The highest BCUT2D eigenvalue weighted by molar-refractivity contribution is 5.61. The van der Waals surface area contributed by atoms with E-state index in [0.29, 0.717) is 12.2 Å². The van der Waals surface area contributed by atoms with Crippen LogP contribution in [-0.2, 0) is 18.3 Å². The zero-order valence-electron chi connectivity index (χ0n) is 14.8. The highest BCUT2D eigenvalue weighted by atomic mass is 16.5. The quantitative estimate of drug-likeness (QED) is 0.817. The predicted octanol–water partition coefficient (Wildman–Crippen LogP) is 1.68. The highest BCUT2D eigenvalue weighted by Crippen LogP contribution is 2.20. The van der Waals surface area contributed by atoms with Gasteiger partial charge in [0.1, 0.15) is 0 Å². The molecule has 0 saturated carbocycles. The summed E-state index contributed by atoms with van der Waals surface area (Å²) in [5, 5.41) is 8.14. The van der Waals surface area contributed by atoms with Gasteiger partial charge in [-0.3, -0.25) is 14.6 Å². The summed E-state index contributed by atoms with van der Waals surface area (Å²) in [5.41, 5.74) is 3.35. The topological polar surface area (TPSA) is 55.2 Å². The second-order valence-electron chi connectivity index (χ2n) is 6.61. The largest absolute Gasteiger partial charge is 0.373 e. The van der Waals surface area contributed by atoms with Gasteiger partial charge in [-0.05, 0) is 26.0 Å². The van der Waals surface area contributed by atoms with Crippen molar-refractivity contribution in [3.05, 3.63) is 36.3 Å². The fourth-order valence-electron chi connectivity index (χ4n) is 3.35. The second kappa shape index (κ2) is 7.88. The van der Waals surface area contributed by atoms with Crippen molar-refractivity contribution in [1.82, 2.24) is 25.0 Å². The summed E-state index contributed by atoms with van der Waals surface area (Å²) in [4.78, 5) is 6.55. The minimum absolute atomic E-state index is 0.324. The molecule has 6 heteroatoms. The van der Waals surface area contributed by atoms with Crippen LogP contribution < -0.4 is 5.32 Å². The minimum Gasteiger partial charge on any atom is -0.373 e. The van der Waals surface area contributed by atoms with Crippen molar-refractivity contribution in [2.45, 2.75) is 32.6 Å². The molecule has 2 atom stereocenters. The molecule has 1 saturated heterocycles. The van der Waals surface area contributed by atoms with Gasteiger partial charge in [0.2, 0.25) is 0 Å². The predicted molar refractivity (Wildman–Crippen MR) is 94.6 cm³/mol. The molecular weight excluding hydrogens is 302 g/mol. The minimum atomic E-state index is 0.324. The lowest BCUT2D eigenvalue weighted by Gasteiger charge is -2.35. The van der Waals surface area contributed by atoms with Crippen LogP contribution in [-0.4, -0.2) is 58.1 Å². The molecule has 3 heterocycles. The molecule has 0 radical (unpaired) electrons. The molecule has 0 aromatic carbocycles. The van der Waals surface area contributed by atoms with Gasteiger partial charge in [-0.15, -0.1) is 0 Å². The summed E-state index contributed by atoms with van der Waals surface area (Å²) >= 11 is 0. The number of ether oxygens (including phenoxy) is 1. The summed E-state index contributed by atoms with van der Waals surface area (Å²) in [6.07, 6.45) is 6.35. The molecule has 130 valence electrons. The van der Waals surface area contributed by atoms with Crippen molar-refractivity contribution in [2.24, 2.45) is 7.05 Å². The molecule has 0 spiro atoms. The van der Waals surface area contributed by atoms with E-state index in [1.807, 2.05) is 36.3 Å². The third-order valence-corrected chi connectivity index (χ3v) is 4.27. The number of aryl methyl sites for hydroxylation is 1. The molecule has 0 amide bonds. The van der Waals surface area contributed by atoms with E-state index < -0.39 is 0 Å². The van der Waals surface area contributed by atoms with Gasteiger partial charge in [-0.25, -0.2) is 0 Å². The van der Waals surface area contributed by atoms with Gasteiger partial charge in [0.05, 0.1) is 17.9 Å². The standard InChI is InChI=1S/C18H27N5O/c1-14-11-23(12-15(2)24-14)9-8-20-10-17-13-22(3)21-18(17)16-4-6-19-7-5-16/h4-7,13-15,20H,8-12H2,1-3H3. The molecule has 2 unspecified atom stereocenters. The summed E-state index contributed by atoms with van der Waals surface area (Å²) in [7, 11) is 1.96. The Morgan fingerprint density at radius 3 is 2.62 bits per heavy atom. The first-order chi connectivity index (χ1) is 11.6. The van der Waals surface area contributed by atoms with Crippen LogP contribution in [0.1, 0.15) is 19.4 Å². The molecular formula is C18H27N5O. The Labute approximate surface area is 143 Å². The Morgan fingerprint density at radius 1 is 1.21 bits per heavy atom. The van der Waals surface area contributed by atoms with E-state index in [2.05, 4.69) is 40.3 Å². The lowest BCUT2D eigenvalue weighted by atomic mass is 10.1. The first kappa shape index (κ1) is 17.1. The first-order valence-corrected chi connectivity index (χ1v) is 8.63. The van der Waals surface area contributed by atoms with Gasteiger partial charge in [0, 0.05) is 69.5 Å². The fraction of sp³-hybridized carbons (Fsp3) is 0.556. The van der Waals surface area contributed by atoms with Gasteiger partial charge in [0.15, 0.2) is 0 Å². The van der Waals surface area contributed by atoms with E-state index >= 15 is 0 Å². The SMILES string of the molecule is CC1CN(CCNCc2cn(C)nc2-c2ccncc2)CC(C)O1. The van der Waals surface area contributed by atoms with Crippen molar-refractivity contribution in [3.8, 4) is 11.3 Å². The van der Waals surface area contributed by atoms with E-state index in [4.69, 9.17) is 4.74 Å². The maximum Gasteiger partial charge on any atom is 0.0969 e. The Bertz CT molecular complexity index is 632. The second-order valence-corrected chi connectivity index (χ2v) is 6.61. The molecule has 0 bridgehead atoms. The van der Waals surface area contributed by atoms with Crippen LogP contribution in [0.4, 0.5) is 0 Å². The number of pyridine rings is 1. The monoisotopic (exact) mass is 329 g/mol. The number of aromatic nitrogens is 3. The van der Waals surface area contributed by atoms with Crippen LogP contribution in [0.2, 0.25) is 0 Å². The third kappa shape index (κ3) is 4.41. The number of hydrogen-bond donors (Lipinski definition) is 1. The fourth-order valence-corrected chi connectivity index (χ4v) is 3.35. The Kier molecular flexibility index (Phi) is 5.60. The molecule has 1 aliphatic heterocycles. The number of rotatable bonds is 6. The van der Waals surface area contributed by atoms with Crippen molar-refractivity contribution < 1.29 is 4.74 Å². The Hall–Kier alpha value is -1.76. The van der Waals surface area contributed by atoms with Crippen molar-refractivity contribution >= 4 is 0 Å². The summed E-state index contributed by atoms with van der Waals surface area (Å²) in [6, 6.07) is 4.00. The van der Waals surface area contributed by atoms with E-state index in [-0.39, 0.29) is 0 Å². The van der Waals surface area contributed by atoms with Crippen molar-refractivity contribution in [3.63, 3.8) is 0 Å². The Morgan fingerprint density at radius 2 is 1.92 bits per heavy atom. The molecule has 3 rings (SSSR count). The van der Waals surface area contributed by atoms with Crippen LogP contribution >= 0.6 is 0 Å². The van der Waals surface area contributed by atoms with Gasteiger partial charge in [-0.2, -0.15) is 5.10 Å². The van der Waals surface area contributed by atoms with Gasteiger partial charge in [0.25, 0.3) is 0 Å². The normalized spacial score (nSPS) is 22.0. The summed E-state index contributed by atoms with van der Waals surface area (Å²) < 4.78 is 7.65. The molecule has 24 heavy (non-hydrogen) atoms. The molecule has 1 aliphatic rings. The molecule has 2 aromatic heterocycles. The van der Waals surface area contributed by atoms with Gasteiger partial charge < -0.3 is 10.1 Å². The highest BCUT2D eigenvalue weighted by Gasteiger charge is 2.21.